The Kier molecular flexibility index (Phi) is 4.87. The fourth-order valence-electron chi connectivity index (χ4n) is 2.65. The van der Waals surface area contributed by atoms with Gasteiger partial charge in [0.15, 0.2) is 0 Å². The summed E-state index contributed by atoms with van der Waals surface area (Å²) in [6, 6.07) is 9.35. The third-order valence-corrected chi connectivity index (χ3v) is 3.98. The largest absolute Gasteiger partial charge is 0.382 e. The van der Waals surface area contributed by atoms with E-state index in [1.807, 2.05) is 0 Å². The van der Waals surface area contributed by atoms with Crippen molar-refractivity contribution in [3.8, 4) is 0 Å². The summed E-state index contributed by atoms with van der Waals surface area (Å²) < 4.78 is 5.83. The molecule has 19 heavy (non-hydrogen) atoms. The highest BCUT2D eigenvalue weighted by atomic mass is 16.5. The molecule has 1 aromatic carbocycles. The molecular weight excluding hydrogens is 234 g/mol. The van der Waals surface area contributed by atoms with Crippen LogP contribution < -0.4 is 5.32 Å². The molecule has 1 aliphatic heterocycles. The molecule has 1 aliphatic rings. The van der Waals surface area contributed by atoms with Gasteiger partial charge >= 0.3 is 0 Å². The Bertz CT molecular complexity index is 400. The molecule has 0 spiro atoms. The van der Waals surface area contributed by atoms with Gasteiger partial charge in [0.25, 0.3) is 0 Å². The van der Waals surface area contributed by atoms with E-state index in [0.717, 1.165) is 19.4 Å². The van der Waals surface area contributed by atoms with E-state index in [2.05, 4.69) is 57.3 Å². The van der Waals surface area contributed by atoms with E-state index in [4.69, 9.17) is 4.74 Å². The van der Waals surface area contributed by atoms with Gasteiger partial charge in [0.2, 0.25) is 0 Å². The summed E-state index contributed by atoms with van der Waals surface area (Å²) in [6.07, 6.45) is 2.62. The summed E-state index contributed by atoms with van der Waals surface area (Å²) in [6.45, 7) is 9.84. The second kappa shape index (κ2) is 6.42. The van der Waals surface area contributed by atoms with Crippen LogP contribution in [0, 0.1) is 5.92 Å². The van der Waals surface area contributed by atoms with Crippen molar-refractivity contribution in [2.24, 2.45) is 5.92 Å². The number of hydrogen-bond acceptors (Lipinski definition) is 2. The lowest BCUT2D eigenvalue weighted by atomic mass is 9.95. The Hall–Kier alpha value is -1.02. The maximum Gasteiger partial charge on any atom is 0.0617 e. The van der Waals surface area contributed by atoms with E-state index in [9.17, 15) is 0 Å². The number of hydrogen-bond donors (Lipinski definition) is 1. The molecular formula is C17H27NO. The van der Waals surface area contributed by atoms with Gasteiger partial charge in [0.05, 0.1) is 6.10 Å². The highest BCUT2D eigenvalue weighted by molar-refractivity contribution is 5.47. The Morgan fingerprint density at radius 3 is 2.68 bits per heavy atom. The molecule has 1 aromatic rings. The van der Waals surface area contributed by atoms with Crippen LogP contribution >= 0.6 is 0 Å². The average molecular weight is 261 g/mol. The van der Waals surface area contributed by atoms with Crippen LogP contribution in [0.1, 0.15) is 52.0 Å². The Labute approximate surface area is 117 Å². The Morgan fingerprint density at radius 2 is 2.00 bits per heavy atom. The van der Waals surface area contributed by atoms with Gasteiger partial charge in [-0.25, -0.2) is 0 Å². The van der Waals surface area contributed by atoms with Gasteiger partial charge < -0.3 is 10.1 Å². The predicted molar refractivity (Wildman–Crippen MR) is 81.8 cm³/mol. The molecule has 0 aliphatic carbocycles. The second-order valence-electron chi connectivity index (χ2n) is 6.30. The number of benzene rings is 1. The second-order valence-corrected chi connectivity index (χ2v) is 6.30. The molecule has 0 aromatic heterocycles. The summed E-state index contributed by atoms with van der Waals surface area (Å²) in [5.74, 6) is 1.19. The first-order chi connectivity index (χ1) is 9.06. The standard InChI is InChI=1S/C17H27NO/c1-12(2)14-6-5-7-15(10-14)18-16-8-9-19-17(11-16)13(3)4/h5-7,10,12-13,16-18H,8-9,11H2,1-4H3. The lowest BCUT2D eigenvalue weighted by molar-refractivity contribution is -0.0160. The number of nitrogens with one attached hydrogen (secondary N) is 1. The van der Waals surface area contributed by atoms with E-state index in [-0.39, 0.29) is 0 Å². The lowest BCUT2D eigenvalue weighted by Gasteiger charge is -2.33. The summed E-state index contributed by atoms with van der Waals surface area (Å²) in [5.41, 5.74) is 2.65. The normalized spacial score (nSPS) is 23.9. The zero-order chi connectivity index (χ0) is 13.8. The van der Waals surface area contributed by atoms with Gasteiger partial charge in [0, 0.05) is 18.3 Å². The third-order valence-electron chi connectivity index (χ3n) is 3.98. The predicted octanol–water partition coefficient (Wildman–Crippen LogP) is 4.43. The van der Waals surface area contributed by atoms with Crippen molar-refractivity contribution < 1.29 is 4.74 Å². The van der Waals surface area contributed by atoms with Crippen molar-refractivity contribution >= 4 is 5.69 Å². The van der Waals surface area contributed by atoms with Gasteiger partial charge in [-0.15, -0.1) is 0 Å². The van der Waals surface area contributed by atoms with Crippen molar-refractivity contribution in [1.82, 2.24) is 0 Å². The first-order valence-electron chi connectivity index (χ1n) is 7.54. The molecule has 2 nitrogen and oxygen atoms in total. The average Bonchev–Trinajstić information content (AvgIpc) is 2.39. The molecule has 2 rings (SSSR count). The van der Waals surface area contributed by atoms with Crippen molar-refractivity contribution in [3.63, 3.8) is 0 Å². The van der Waals surface area contributed by atoms with Crippen LogP contribution in [0.2, 0.25) is 0 Å². The van der Waals surface area contributed by atoms with Gasteiger partial charge in [-0.1, -0.05) is 39.8 Å². The molecule has 0 amide bonds. The summed E-state index contributed by atoms with van der Waals surface area (Å²) in [5, 5.41) is 3.68. The number of ether oxygens (including phenoxy) is 1. The SMILES string of the molecule is CC(C)c1cccc(NC2CCOC(C(C)C)C2)c1. The smallest absolute Gasteiger partial charge is 0.0617 e. The molecule has 0 radical (unpaired) electrons. The van der Waals surface area contributed by atoms with Crippen molar-refractivity contribution in [3.05, 3.63) is 29.8 Å². The monoisotopic (exact) mass is 261 g/mol. The highest BCUT2D eigenvalue weighted by Gasteiger charge is 2.24. The summed E-state index contributed by atoms with van der Waals surface area (Å²) in [4.78, 5) is 0. The molecule has 1 saturated heterocycles. The fraction of sp³-hybridized carbons (Fsp3) is 0.647. The summed E-state index contributed by atoms with van der Waals surface area (Å²) >= 11 is 0. The maximum absolute atomic E-state index is 5.83. The molecule has 1 heterocycles. The highest BCUT2D eigenvalue weighted by Crippen LogP contribution is 2.24. The van der Waals surface area contributed by atoms with Crippen molar-refractivity contribution in [1.29, 1.82) is 0 Å². The number of rotatable bonds is 4. The zero-order valence-corrected chi connectivity index (χ0v) is 12.6. The molecule has 106 valence electrons. The third kappa shape index (κ3) is 3.97. The van der Waals surface area contributed by atoms with Crippen LogP contribution in [0.5, 0.6) is 0 Å². The quantitative estimate of drug-likeness (QED) is 0.866. The van der Waals surface area contributed by atoms with Gasteiger partial charge in [-0.3, -0.25) is 0 Å². The number of anilines is 1. The molecule has 2 heteroatoms. The van der Waals surface area contributed by atoms with Gasteiger partial charge in [0.1, 0.15) is 0 Å². The van der Waals surface area contributed by atoms with Crippen LogP contribution in [0.4, 0.5) is 5.69 Å². The minimum atomic E-state index is 0.402. The first-order valence-corrected chi connectivity index (χ1v) is 7.54. The Balaban J connectivity index is 1.98. The van der Waals surface area contributed by atoms with Crippen LogP contribution in [0.15, 0.2) is 24.3 Å². The van der Waals surface area contributed by atoms with Crippen molar-refractivity contribution in [2.45, 2.75) is 58.6 Å². The molecule has 1 N–H and O–H groups in total. The van der Waals surface area contributed by atoms with Gasteiger partial charge in [-0.2, -0.15) is 0 Å². The van der Waals surface area contributed by atoms with E-state index in [1.165, 1.54) is 11.3 Å². The van der Waals surface area contributed by atoms with Crippen LogP contribution in [0.25, 0.3) is 0 Å². The first kappa shape index (κ1) is 14.4. The van der Waals surface area contributed by atoms with Crippen molar-refractivity contribution in [2.75, 3.05) is 11.9 Å². The lowest BCUT2D eigenvalue weighted by Crippen LogP contribution is -2.36. The van der Waals surface area contributed by atoms with E-state index >= 15 is 0 Å². The molecule has 2 unspecified atom stereocenters. The van der Waals surface area contributed by atoms with E-state index < -0.39 is 0 Å². The van der Waals surface area contributed by atoms with Crippen LogP contribution in [-0.2, 0) is 4.74 Å². The van der Waals surface area contributed by atoms with Crippen LogP contribution in [0.3, 0.4) is 0 Å². The minimum Gasteiger partial charge on any atom is -0.382 e. The Morgan fingerprint density at radius 1 is 1.21 bits per heavy atom. The summed E-state index contributed by atoms with van der Waals surface area (Å²) in [7, 11) is 0. The molecule has 0 bridgehead atoms. The van der Waals surface area contributed by atoms with Crippen LogP contribution in [-0.4, -0.2) is 18.8 Å². The zero-order valence-electron chi connectivity index (χ0n) is 12.6. The molecule has 2 atom stereocenters. The molecule has 0 saturated carbocycles. The van der Waals surface area contributed by atoms with Gasteiger partial charge in [-0.05, 0) is 42.4 Å². The van der Waals surface area contributed by atoms with E-state index in [1.54, 1.807) is 0 Å². The van der Waals surface area contributed by atoms with E-state index in [0.29, 0.717) is 24.0 Å². The minimum absolute atomic E-state index is 0.402. The molecule has 1 fully saturated rings. The topological polar surface area (TPSA) is 21.3 Å². The maximum atomic E-state index is 5.83. The fourth-order valence-corrected chi connectivity index (χ4v) is 2.65.